The standard InChI is InChI=1S/C24H21F2N5O2/c1-14-15(2)31-20-21(27-23(31)29(14)12-16-4-8-18(25)9-5-16)28(3)24(33)30(22(20)32)13-17-6-10-19(26)11-7-17/h4-11H,12-13H2,1-3H3. The van der Waals surface area contributed by atoms with Crippen LogP contribution in [0.2, 0.25) is 0 Å². The smallest absolute Gasteiger partial charge is 0.309 e. The first-order valence-corrected chi connectivity index (χ1v) is 10.4. The van der Waals surface area contributed by atoms with E-state index in [-0.39, 0.29) is 23.8 Å². The van der Waals surface area contributed by atoms with Crippen molar-refractivity contribution < 1.29 is 8.78 Å². The van der Waals surface area contributed by atoms with E-state index in [1.807, 2.05) is 18.4 Å². The molecule has 0 unspecified atom stereocenters. The SMILES string of the molecule is Cc1c(C)n2c3c(=O)n(Cc4ccc(F)cc4)c(=O)n(C)c3nc2n1Cc1ccc(F)cc1. The van der Waals surface area contributed by atoms with Gasteiger partial charge in [0.15, 0.2) is 11.2 Å². The molecule has 0 saturated heterocycles. The van der Waals surface area contributed by atoms with Gasteiger partial charge in [0.25, 0.3) is 5.56 Å². The molecule has 5 aromatic rings. The summed E-state index contributed by atoms with van der Waals surface area (Å²) < 4.78 is 32.8. The fourth-order valence-electron chi connectivity index (χ4n) is 4.19. The van der Waals surface area contributed by atoms with Gasteiger partial charge in [0.1, 0.15) is 11.6 Å². The van der Waals surface area contributed by atoms with Crippen LogP contribution in [0.25, 0.3) is 16.9 Å². The molecule has 0 N–H and O–H groups in total. The van der Waals surface area contributed by atoms with Gasteiger partial charge < -0.3 is 4.57 Å². The Labute approximate surface area is 186 Å². The first kappa shape index (κ1) is 20.9. The van der Waals surface area contributed by atoms with Crippen LogP contribution in [0.3, 0.4) is 0 Å². The number of halogens is 2. The van der Waals surface area contributed by atoms with Crippen LogP contribution in [0.4, 0.5) is 8.78 Å². The van der Waals surface area contributed by atoms with E-state index in [1.165, 1.54) is 28.8 Å². The lowest BCUT2D eigenvalue weighted by Crippen LogP contribution is -2.39. The number of benzene rings is 2. The number of hydrogen-bond donors (Lipinski definition) is 0. The maximum atomic E-state index is 13.5. The summed E-state index contributed by atoms with van der Waals surface area (Å²) in [5.74, 6) is -0.177. The predicted molar refractivity (Wildman–Crippen MR) is 121 cm³/mol. The van der Waals surface area contributed by atoms with E-state index in [0.29, 0.717) is 23.4 Å². The first-order valence-electron chi connectivity index (χ1n) is 10.4. The minimum Gasteiger partial charge on any atom is -0.309 e. The summed E-state index contributed by atoms with van der Waals surface area (Å²) in [6.07, 6.45) is 0. The number of fused-ring (bicyclic) bond motifs is 3. The summed E-state index contributed by atoms with van der Waals surface area (Å²) >= 11 is 0. The van der Waals surface area contributed by atoms with Crippen molar-refractivity contribution in [1.82, 2.24) is 23.1 Å². The summed E-state index contributed by atoms with van der Waals surface area (Å²) in [5.41, 5.74) is 2.85. The lowest BCUT2D eigenvalue weighted by Gasteiger charge is -2.09. The minimum atomic E-state index is -0.503. The molecule has 7 nitrogen and oxygen atoms in total. The topological polar surface area (TPSA) is 66.2 Å². The first-order chi connectivity index (χ1) is 15.8. The largest absolute Gasteiger partial charge is 0.332 e. The molecule has 0 bridgehead atoms. The molecule has 3 heterocycles. The van der Waals surface area contributed by atoms with E-state index in [2.05, 4.69) is 4.98 Å². The molecule has 0 spiro atoms. The molecule has 0 aliphatic carbocycles. The average molecular weight is 449 g/mol. The highest BCUT2D eigenvalue weighted by molar-refractivity contribution is 5.76. The van der Waals surface area contributed by atoms with Crippen LogP contribution < -0.4 is 11.2 Å². The Morgan fingerprint density at radius 1 is 0.788 bits per heavy atom. The van der Waals surface area contributed by atoms with Crippen molar-refractivity contribution >= 4 is 16.9 Å². The van der Waals surface area contributed by atoms with Crippen LogP contribution in [0, 0.1) is 25.5 Å². The van der Waals surface area contributed by atoms with Crippen LogP contribution in [0.5, 0.6) is 0 Å². The second-order valence-electron chi connectivity index (χ2n) is 8.16. The highest BCUT2D eigenvalue weighted by Gasteiger charge is 2.22. The summed E-state index contributed by atoms with van der Waals surface area (Å²) in [6.45, 7) is 4.27. The van der Waals surface area contributed by atoms with Gasteiger partial charge in [-0.1, -0.05) is 24.3 Å². The number of nitrogens with zero attached hydrogens (tertiary/aromatic N) is 5. The number of aromatic nitrogens is 5. The zero-order chi connectivity index (χ0) is 23.4. The van der Waals surface area contributed by atoms with Crippen LogP contribution in [-0.4, -0.2) is 23.1 Å². The molecular weight excluding hydrogens is 428 g/mol. The second-order valence-corrected chi connectivity index (χ2v) is 8.16. The molecule has 0 aliphatic heterocycles. The Kier molecular flexibility index (Phi) is 4.77. The van der Waals surface area contributed by atoms with Crippen molar-refractivity contribution in [2.24, 2.45) is 7.05 Å². The third-order valence-electron chi connectivity index (χ3n) is 6.14. The number of aryl methyl sites for hydroxylation is 2. The van der Waals surface area contributed by atoms with Gasteiger partial charge in [-0.25, -0.2) is 13.6 Å². The Morgan fingerprint density at radius 2 is 1.30 bits per heavy atom. The van der Waals surface area contributed by atoms with Gasteiger partial charge in [0.2, 0.25) is 5.78 Å². The summed E-state index contributed by atoms with van der Waals surface area (Å²) in [5, 5.41) is 0. The highest BCUT2D eigenvalue weighted by atomic mass is 19.1. The van der Waals surface area contributed by atoms with E-state index >= 15 is 0 Å². The monoisotopic (exact) mass is 449 g/mol. The molecule has 0 amide bonds. The summed E-state index contributed by atoms with van der Waals surface area (Å²) in [7, 11) is 1.57. The molecule has 33 heavy (non-hydrogen) atoms. The molecule has 3 aromatic heterocycles. The lowest BCUT2D eigenvalue weighted by molar-refractivity contribution is 0.623. The maximum Gasteiger partial charge on any atom is 0.332 e. The summed E-state index contributed by atoms with van der Waals surface area (Å²) in [4.78, 5) is 31.1. The zero-order valence-corrected chi connectivity index (χ0v) is 18.3. The van der Waals surface area contributed by atoms with Crippen LogP contribution in [-0.2, 0) is 20.1 Å². The van der Waals surface area contributed by atoms with Crippen molar-refractivity contribution in [2.75, 3.05) is 0 Å². The van der Waals surface area contributed by atoms with Gasteiger partial charge in [-0.3, -0.25) is 18.3 Å². The van der Waals surface area contributed by atoms with Gasteiger partial charge in [0, 0.05) is 18.4 Å². The van der Waals surface area contributed by atoms with E-state index in [4.69, 9.17) is 0 Å². The van der Waals surface area contributed by atoms with Crippen molar-refractivity contribution in [3.8, 4) is 0 Å². The molecule has 2 aromatic carbocycles. The van der Waals surface area contributed by atoms with Gasteiger partial charge in [-0.05, 0) is 49.2 Å². The van der Waals surface area contributed by atoms with Gasteiger partial charge in [-0.15, -0.1) is 0 Å². The third kappa shape index (κ3) is 3.27. The van der Waals surface area contributed by atoms with Crippen molar-refractivity contribution in [3.63, 3.8) is 0 Å². The molecule has 0 saturated carbocycles. The second kappa shape index (κ2) is 7.54. The van der Waals surface area contributed by atoms with Crippen LogP contribution in [0.15, 0.2) is 58.1 Å². The lowest BCUT2D eigenvalue weighted by atomic mass is 10.2. The van der Waals surface area contributed by atoms with E-state index in [0.717, 1.165) is 21.5 Å². The Hall–Kier alpha value is -4.01. The third-order valence-corrected chi connectivity index (χ3v) is 6.14. The molecule has 0 aliphatic rings. The Balaban J connectivity index is 1.73. The molecule has 0 fully saturated rings. The molecule has 9 heteroatoms. The van der Waals surface area contributed by atoms with Crippen LogP contribution >= 0.6 is 0 Å². The van der Waals surface area contributed by atoms with Gasteiger partial charge >= 0.3 is 5.69 Å². The van der Waals surface area contributed by atoms with E-state index < -0.39 is 11.2 Å². The molecule has 5 rings (SSSR count). The van der Waals surface area contributed by atoms with Crippen molar-refractivity contribution in [3.05, 3.63) is 104 Å². The van der Waals surface area contributed by atoms with Crippen molar-refractivity contribution in [1.29, 1.82) is 0 Å². The highest BCUT2D eigenvalue weighted by Crippen LogP contribution is 2.22. The quantitative estimate of drug-likeness (QED) is 0.424. The Morgan fingerprint density at radius 3 is 1.85 bits per heavy atom. The van der Waals surface area contributed by atoms with E-state index in [1.54, 1.807) is 35.7 Å². The minimum absolute atomic E-state index is 0.0171. The van der Waals surface area contributed by atoms with E-state index in [9.17, 15) is 18.4 Å². The molecule has 0 radical (unpaired) electrons. The number of hydrogen-bond acceptors (Lipinski definition) is 3. The molecule has 168 valence electrons. The molecular formula is C24H21F2N5O2. The maximum absolute atomic E-state index is 13.5. The number of imidazole rings is 2. The predicted octanol–water partition coefficient (Wildman–Crippen LogP) is 3.14. The van der Waals surface area contributed by atoms with Gasteiger partial charge in [-0.2, -0.15) is 4.98 Å². The zero-order valence-electron chi connectivity index (χ0n) is 18.3. The summed E-state index contributed by atoms with van der Waals surface area (Å²) in [6, 6.07) is 11.9. The Bertz CT molecular complexity index is 1640. The average Bonchev–Trinajstić information content (AvgIpc) is 3.30. The number of rotatable bonds is 4. The van der Waals surface area contributed by atoms with Crippen molar-refractivity contribution in [2.45, 2.75) is 26.9 Å². The normalized spacial score (nSPS) is 11.7. The van der Waals surface area contributed by atoms with Gasteiger partial charge in [0.05, 0.1) is 13.1 Å². The molecule has 0 atom stereocenters. The van der Waals surface area contributed by atoms with Crippen LogP contribution in [0.1, 0.15) is 22.5 Å². The fourth-order valence-corrected chi connectivity index (χ4v) is 4.19. The fraction of sp³-hybridized carbons (Fsp3) is 0.208.